The maximum absolute atomic E-state index is 11.0. The molecule has 6 heteroatoms. The molecule has 0 saturated carbocycles. The molecule has 2 rings (SSSR count). The van der Waals surface area contributed by atoms with E-state index in [2.05, 4.69) is 20.9 Å². The highest BCUT2D eigenvalue weighted by Gasteiger charge is 2.15. The lowest BCUT2D eigenvalue weighted by molar-refractivity contribution is 0.0696. The Morgan fingerprint density at radius 1 is 1.25 bits per heavy atom. The second-order valence-corrected chi connectivity index (χ2v) is 4.72. The van der Waals surface area contributed by atoms with Gasteiger partial charge in [-0.1, -0.05) is 0 Å². The van der Waals surface area contributed by atoms with Crippen molar-refractivity contribution < 1.29 is 19.4 Å². The van der Waals surface area contributed by atoms with Crippen molar-refractivity contribution in [3.05, 3.63) is 40.6 Å². The molecule has 104 valence electrons. The van der Waals surface area contributed by atoms with Crippen molar-refractivity contribution in [2.24, 2.45) is 0 Å². The van der Waals surface area contributed by atoms with Gasteiger partial charge >= 0.3 is 5.97 Å². The molecule has 0 bridgehead atoms. The second kappa shape index (κ2) is 5.92. The first-order chi connectivity index (χ1) is 9.58. The van der Waals surface area contributed by atoms with Crippen molar-refractivity contribution >= 4 is 21.9 Å². The molecular formula is C14H12BrNO4. The van der Waals surface area contributed by atoms with Gasteiger partial charge in [0.25, 0.3) is 0 Å². The average molecular weight is 338 g/mol. The molecule has 20 heavy (non-hydrogen) atoms. The lowest BCUT2D eigenvalue weighted by atomic mass is 10.0. The molecule has 0 spiro atoms. The predicted molar refractivity (Wildman–Crippen MR) is 77.4 cm³/mol. The zero-order valence-corrected chi connectivity index (χ0v) is 12.5. The minimum absolute atomic E-state index is 0.122. The molecule has 2 aromatic rings. The Balaban J connectivity index is 2.60. The number of hydrogen-bond acceptors (Lipinski definition) is 4. The summed E-state index contributed by atoms with van der Waals surface area (Å²) in [6.45, 7) is 0. The van der Waals surface area contributed by atoms with E-state index in [1.165, 1.54) is 13.3 Å². The molecule has 5 nitrogen and oxygen atoms in total. The Morgan fingerprint density at radius 2 is 2.00 bits per heavy atom. The number of pyridine rings is 1. The van der Waals surface area contributed by atoms with Crippen LogP contribution in [0, 0.1) is 0 Å². The number of methoxy groups -OCH3 is 2. The second-order valence-electron chi connectivity index (χ2n) is 3.93. The van der Waals surface area contributed by atoms with Crippen LogP contribution >= 0.6 is 15.9 Å². The Bertz CT molecular complexity index is 658. The van der Waals surface area contributed by atoms with Gasteiger partial charge in [0.1, 0.15) is 16.0 Å². The lowest BCUT2D eigenvalue weighted by Crippen LogP contribution is -1.98. The molecule has 0 aliphatic heterocycles. The summed E-state index contributed by atoms with van der Waals surface area (Å²) < 4.78 is 11.2. The average Bonchev–Trinajstić information content (AvgIpc) is 2.47. The molecule has 1 heterocycles. The van der Waals surface area contributed by atoms with E-state index in [4.69, 9.17) is 14.6 Å². The number of carbonyl (C=O) groups is 1. The van der Waals surface area contributed by atoms with Gasteiger partial charge in [0.05, 0.1) is 19.8 Å². The number of benzene rings is 1. The normalized spacial score (nSPS) is 10.2. The number of aromatic carboxylic acids is 1. The van der Waals surface area contributed by atoms with Crippen LogP contribution in [0.1, 0.15) is 10.4 Å². The number of rotatable bonds is 4. The highest BCUT2D eigenvalue weighted by molar-refractivity contribution is 9.10. The molecule has 0 atom stereocenters. The van der Waals surface area contributed by atoms with Crippen LogP contribution in [0.3, 0.4) is 0 Å². The number of nitrogens with zero attached hydrogens (tertiary/aromatic N) is 1. The Labute approximate surface area is 124 Å². The van der Waals surface area contributed by atoms with Crippen LogP contribution in [0.2, 0.25) is 0 Å². The van der Waals surface area contributed by atoms with E-state index in [-0.39, 0.29) is 5.56 Å². The van der Waals surface area contributed by atoms with E-state index >= 15 is 0 Å². The molecule has 0 amide bonds. The third-order valence-corrected chi connectivity index (χ3v) is 3.53. The standard InChI is InChI=1S/C14H12BrNO4/c1-19-11-4-3-10(13(20-2)12(11)15)8-5-9(14(17)18)7-16-6-8/h3-7H,1-2H3,(H,17,18). The zero-order chi connectivity index (χ0) is 14.7. The first-order valence-electron chi connectivity index (χ1n) is 5.67. The summed E-state index contributed by atoms with van der Waals surface area (Å²) in [7, 11) is 3.10. The summed E-state index contributed by atoms with van der Waals surface area (Å²) in [6, 6.07) is 5.12. The quantitative estimate of drug-likeness (QED) is 0.927. The fraction of sp³-hybridized carbons (Fsp3) is 0.143. The molecule has 0 radical (unpaired) electrons. The van der Waals surface area contributed by atoms with Gasteiger partial charge in [-0.2, -0.15) is 0 Å². The number of halogens is 1. The van der Waals surface area contributed by atoms with Crippen LogP contribution in [0.4, 0.5) is 0 Å². The van der Waals surface area contributed by atoms with Gasteiger partial charge in [0, 0.05) is 23.5 Å². The topological polar surface area (TPSA) is 68.7 Å². The SMILES string of the molecule is COc1ccc(-c2cncc(C(=O)O)c2)c(OC)c1Br. The smallest absolute Gasteiger partial charge is 0.337 e. The van der Waals surface area contributed by atoms with Crippen molar-refractivity contribution in [2.75, 3.05) is 14.2 Å². The van der Waals surface area contributed by atoms with E-state index < -0.39 is 5.97 Å². The molecule has 0 fully saturated rings. The number of hydrogen-bond donors (Lipinski definition) is 1. The highest BCUT2D eigenvalue weighted by Crippen LogP contribution is 2.41. The third kappa shape index (κ3) is 2.60. The maximum Gasteiger partial charge on any atom is 0.337 e. The maximum atomic E-state index is 11.0. The van der Waals surface area contributed by atoms with Crippen LogP contribution in [0.5, 0.6) is 11.5 Å². The monoisotopic (exact) mass is 337 g/mol. The van der Waals surface area contributed by atoms with Crippen LogP contribution in [0.25, 0.3) is 11.1 Å². The summed E-state index contributed by atoms with van der Waals surface area (Å²) in [4.78, 5) is 15.0. The van der Waals surface area contributed by atoms with E-state index in [1.807, 2.05) is 0 Å². The van der Waals surface area contributed by atoms with Crippen molar-refractivity contribution in [1.82, 2.24) is 4.98 Å². The number of aromatic nitrogens is 1. The number of carboxylic acids is 1. The van der Waals surface area contributed by atoms with Crippen LogP contribution in [-0.2, 0) is 0 Å². The van der Waals surface area contributed by atoms with Crippen molar-refractivity contribution in [3.8, 4) is 22.6 Å². The third-order valence-electron chi connectivity index (χ3n) is 2.78. The Kier molecular flexibility index (Phi) is 4.24. The van der Waals surface area contributed by atoms with Gasteiger partial charge in [-0.25, -0.2) is 4.79 Å². The van der Waals surface area contributed by atoms with Crippen LogP contribution in [-0.4, -0.2) is 30.3 Å². The van der Waals surface area contributed by atoms with E-state index in [0.717, 1.165) is 5.56 Å². The van der Waals surface area contributed by atoms with Crippen LogP contribution in [0.15, 0.2) is 35.1 Å². The van der Waals surface area contributed by atoms with Crippen LogP contribution < -0.4 is 9.47 Å². The molecule has 0 aliphatic rings. The Morgan fingerprint density at radius 3 is 2.60 bits per heavy atom. The first-order valence-corrected chi connectivity index (χ1v) is 6.47. The van der Waals surface area contributed by atoms with Gasteiger partial charge in [-0.05, 0) is 34.1 Å². The van der Waals surface area contributed by atoms with Gasteiger partial charge in [0.15, 0.2) is 0 Å². The van der Waals surface area contributed by atoms with Crippen molar-refractivity contribution in [2.45, 2.75) is 0 Å². The fourth-order valence-corrected chi connectivity index (χ4v) is 2.50. The van der Waals surface area contributed by atoms with Gasteiger partial charge < -0.3 is 14.6 Å². The molecular weight excluding hydrogens is 326 g/mol. The van der Waals surface area contributed by atoms with Crippen molar-refractivity contribution in [3.63, 3.8) is 0 Å². The van der Waals surface area contributed by atoms with Gasteiger partial charge in [0.2, 0.25) is 0 Å². The molecule has 1 N–H and O–H groups in total. The summed E-state index contributed by atoms with van der Waals surface area (Å²) in [5.74, 6) is 0.174. The number of carboxylic acid groups (broad SMARTS) is 1. The minimum atomic E-state index is -1.02. The molecule has 1 aromatic heterocycles. The molecule has 0 saturated heterocycles. The molecule has 1 aromatic carbocycles. The van der Waals surface area contributed by atoms with E-state index in [0.29, 0.717) is 21.5 Å². The summed E-state index contributed by atoms with van der Waals surface area (Å²) >= 11 is 3.41. The van der Waals surface area contributed by atoms with Crippen molar-refractivity contribution in [1.29, 1.82) is 0 Å². The van der Waals surface area contributed by atoms with Gasteiger partial charge in [-0.3, -0.25) is 4.98 Å². The Hall–Kier alpha value is -2.08. The van der Waals surface area contributed by atoms with E-state index in [9.17, 15) is 4.79 Å². The molecule has 0 aliphatic carbocycles. The fourth-order valence-electron chi connectivity index (χ4n) is 1.83. The molecule has 0 unspecified atom stereocenters. The summed E-state index contributed by atoms with van der Waals surface area (Å²) in [5, 5.41) is 9.02. The highest BCUT2D eigenvalue weighted by atomic mass is 79.9. The summed E-state index contributed by atoms with van der Waals surface area (Å²) in [6.07, 6.45) is 2.89. The zero-order valence-electron chi connectivity index (χ0n) is 10.9. The minimum Gasteiger partial charge on any atom is -0.495 e. The van der Waals surface area contributed by atoms with Gasteiger partial charge in [-0.15, -0.1) is 0 Å². The predicted octanol–water partition coefficient (Wildman–Crippen LogP) is 3.23. The summed E-state index contributed by atoms with van der Waals surface area (Å²) in [5.41, 5.74) is 1.51. The largest absolute Gasteiger partial charge is 0.495 e. The first kappa shape index (κ1) is 14.3. The lowest BCUT2D eigenvalue weighted by Gasteiger charge is -2.13. The van der Waals surface area contributed by atoms with E-state index in [1.54, 1.807) is 31.5 Å². The number of ether oxygens (including phenoxy) is 2.